The Hall–Kier alpha value is -1.36. The SMILES string of the molecule is CCCCCCCCCCCCCCCCCC[n+]1cccc(C#N)c1. The minimum absolute atomic E-state index is 0.754. The first kappa shape index (κ1) is 22.7. The fourth-order valence-corrected chi connectivity index (χ4v) is 3.57. The number of unbranched alkanes of at least 4 members (excludes halogenated alkanes) is 15. The predicted octanol–water partition coefficient (Wildman–Crippen LogP) is 7.11. The Morgan fingerprint density at radius 2 is 1.19 bits per heavy atom. The minimum Gasteiger partial charge on any atom is -0.204 e. The fraction of sp³-hybridized carbons (Fsp3) is 0.750. The normalized spacial score (nSPS) is 10.8. The first-order chi connectivity index (χ1) is 12.9. The van der Waals surface area contributed by atoms with E-state index in [1.54, 1.807) is 0 Å². The van der Waals surface area contributed by atoms with Crippen LogP contribution < -0.4 is 4.57 Å². The van der Waals surface area contributed by atoms with E-state index < -0.39 is 0 Å². The van der Waals surface area contributed by atoms with Gasteiger partial charge in [-0.1, -0.05) is 96.8 Å². The summed E-state index contributed by atoms with van der Waals surface area (Å²) < 4.78 is 2.14. The van der Waals surface area contributed by atoms with Crippen molar-refractivity contribution in [2.45, 2.75) is 116 Å². The summed E-state index contributed by atoms with van der Waals surface area (Å²) in [6.07, 6.45) is 26.5. The van der Waals surface area contributed by atoms with Gasteiger partial charge in [-0.2, -0.15) is 5.26 Å². The third-order valence-electron chi connectivity index (χ3n) is 5.26. The van der Waals surface area contributed by atoms with Crippen molar-refractivity contribution in [1.82, 2.24) is 0 Å². The lowest BCUT2D eigenvalue weighted by molar-refractivity contribution is -0.697. The van der Waals surface area contributed by atoms with Gasteiger partial charge in [-0.15, -0.1) is 0 Å². The smallest absolute Gasteiger partial charge is 0.186 e. The summed E-state index contributed by atoms with van der Waals surface area (Å²) in [7, 11) is 0. The van der Waals surface area contributed by atoms with Crippen molar-refractivity contribution in [2.75, 3.05) is 0 Å². The molecule has 1 heterocycles. The lowest BCUT2D eigenvalue weighted by Gasteiger charge is -2.03. The number of aromatic nitrogens is 1. The van der Waals surface area contributed by atoms with Gasteiger partial charge >= 0.3 is 0 Å². The molecule has 0 aliphatic carbocycles. The van der Waals surface area contributed by atoms with E-state index >= 15 is 0 Å². The maximum absolute atomic E-state index is 8.91. The van der Waals surface area contributed by atoms with Crippen molar-refractivity contribution in [3.8, 4) is 6.07 Å². The van der Waals surface area contributed by atoms with E-state index in [2.05, 4.69) is 23.8 Å². The van der Waals surface area contributed by atoms with E-state index in [0.717, 1.165) is 12.1 Å². The monoisotopic (exact) mass is 357 g/mol. The Morgan fingerprint density at radius 1 is 0.731 bits per heavy atom. The van der Waals surface area contributed by atoms with Crippen LogP contribution in [0.4, 0.5) is 0 Å². The lowest BCUT2D eigenvalue weighted by Crippen LogP contribution is -2.32. The van der Waals surface area contributed by atoms with Crippen molar-refractivity contribution < 1.29 is 4.57 Å². The van der Waals surface area contributed by atoms with Crippen LogP contribution in [0.1, 0.15) is 115 Å². The molecule has 0 atom stereocenters. The molecule has 146 valence electrons. The van der Waals surface area contributed by atoms with Gasteiger partial charge in [0.05, 0.1) is 0 Å². The van der Waals surface area contributed by atoms with Gasteiger partial charge in [-0.05, 0) is 12.5 Å². The largest absolute Gasteiger partial charge is 0.204 e. The number of nitriles is 1. The van der Waals surface area contributed by atoms with Crippen molar-refractivity contribution in [2.24, 2.45) is 0 Å². The molecule has 1 aromatic rings. The van der Waals surface area contributed by atoms with Gasteiger partial charge in [-0.25, -0.2) is 4.57 Å². The number of hydrogen-bond donors (Lipinski definition) is 0. The summed E-state index contributed by atoms with van der Waals surface area (Å²) in [4.78, 5) is 0. The summed E-state index contributed by atoms with van der Waals surface area (Å²) in [5.41, 5.74) is 0.754. The summed E-state index contributed by atoms with van der Waals surface area (Å²) in [5.74, 6) is 0. The van der Waals surface area contributed by atoms with E-state index in [0.29, 0.717) is 0 Å². The second-order valence-corrected chi connectivity index (χ2v) is 7.75. The Morgan fingerprint density at radius 3 is 1.65 bits per heavy atom. The molecule has 0 unspecified atom stereocenters. The molecule has 0 amide bonds. The zero-order valence-corrected chi connectivity index (χ0v) is 17.2. The highest BCUT2D eigenvalue weighted by Gasteiger charge is 2.01. The first-order valence-electron chi connectivity index (χ1n) is 11.3. The molecule has 0 saturated heterocycles. The minimum atomic E-state index is 0.754. The Bertz CT molecular complexity index is 475. The van der Waals surface area contributed by atoms with Gasteiger partial charge in [0.2, 0.25) is 0 Å². The Kier molecular flexibility index (Phi) is 14.9. The van der Waals surface area contributed by atoms with Gasteiger partial charge < -0.3 is 0 Å². The maximum atomic E-state index is 8.91. The zero-order chi connectivity index (χ0) is 18.7. The topological polar surface area (TPSA) is 27.7 Å². The van der Waals surface area contributed by atoms with Crippen LogP contribution in [0.25, 0.3) is 0 Å². The maximum Gasteiger partial charge on any atom is 0.186 e. The predicted molar refractivity (Wildman–Crippen MR) is 111 cm³/mol. The van der Waals surface area contributed by atoms with E-state index in [9.17, 15) is 0 Å². The van der Waals surface area contributed by atoms with Crippen LogP contribution in [0, 0.1) is 11.3 Å². The second kappa shape index (κ2) is 17.1. The van der Waals surface area contributed by atoms with Crippen LogP contribution in [0.15, 0.2) is 24.5 Å². The molecule has 0 radical (unpaired) electrons. The molecule has 0 aromatic carbocycles. The highest BCUT2D eigenvalue weighted by Crippen LogP contribution is 2.13. The molecular formula is C24H41N2+. The molecule has 2 nitrogen and oxygen atoms in total. The highest BCUT2D eigenvalue weighted by molar-refractivity contribution is 5.21. The molecule has 1 rings (SSSR count). The van der Waals surface area contributed by atoms with Crippen molar-refractivity contribution in [3.05, 3.63) is 30.1 Å². The van der Waals surface area contributed by atoms with Crippen LogP contribution in [0.2, 0.25) is 0 Å². The van der Waals surface area contributed by atoms with Crippen molar-refractivity contribution in [1.29, 1.82) is 5.26 Å². The third kappa shape index (κ3) is 12.9. The van der Waals surface area contributed by atoms with Crippen LogP contribution in [-0.4, -0.2) is 0 Å². The van der Waals surface area contributed by atoms with E-state index in [4.69, 9.17) is 5.26 Å². The number of aryl methyl sites for hydroxylation is 1. The zero-order valence-electron chi connectivity index (χ0n) is 17.2. The average Bonchev–Trinajstić information content (AvgIpc) is 2.68. The van der Waals surface area contributed by atoms with Gasteiger partial charge in [0.15, 0.2) is 12.4 Å². The molecule has 0 aliphatic heterocycles. The van der Waals surface area contributed by atoms with E-state index in [1.807, 2.05) is 18.3 Å². The Balaban J connectivity index is 1.79. The molecule has 0 N–H and O–H groups in total. The number of rotatable bonds is 17. The first-order valence-corrected chi connectivity index (χ1v) is 11.3. The van der Waals surface area contributed by atoms with Crippen LogP contribution in [-0.2, 0) is 6.54 Å². The van der Waals surface area contributed by atoms with Gasteiger partial charge in [0, 0.05) is 12.5 Å². The average molecular weight is 358 g/mol. The van der Waals surface area contributed by atoms with Gasteiger partial charge in [-0.3, -0.25) is 0 Å². The summed E-state index contributed by atoms with van der Waals surface area (Å²) >= 11 is 0. The molecular weight excluding hydrogens is 316 g/mol. The van der Waals surface area contributed by atoms with E-state index in [1.165, 1.54) is 103 Å². The molecule has 26 heavy (non-hydrogen) atoms. The molecule has 0 bridgehead atoms. The summed E-state index contributed by atoms with van der Waals surface area (Å²) in [6, 6.07) is 6.03. The van der Waals surface area contributed by atoms with Crippen LogP contribution in [0.5, 0.6) is 0 Å². The number of hydrogen-bond acceptors (Lipinski definition) is 1. The molecule has 0 spiro atoms. The molecule has 0 saturated carbocycles. The van der Waals surface area contributed by atoms with Crippen LogP contribution in [0.3, 0.4) is 0 Å². The lowest BCUT2D eigenvalue weighted by atomic mass is 10.0. The number of nitrogens with zero attached hydrogens (tertiary/aromatic N) is 2. The summed E-state index contributed by atoms with van der Waals surface area (Å²) in [6.45, 7) is 3.32. The Labute approximate surface area is 162 Å². The van der Waals surface area contributed by atoms with Crippen molar-refractivity contribution >= 4 is 0 Å². The fourth-order valence-electron chi connectivity index (χ4n) is 3.57. The molecule has 1 aromatic heterocycles. The standard InChI is InChI=1S/C24H41N2/c1-2-3-4-5-6-7-8-9-10-11-12-13-14-15-16-17-20-26-21-18-19-24(22-25)23-26/h18-19,21,23H,2-17,20H2,1H3/q+1. The highest BCUT2D eigenvalue weighted by atomic mass is 14.9. The molecule has 0 fully saturated rings. The third-order valence-corrected chi connectivity index (χ3v) is 5.26. The molecule has 2 heteroatoms. The quantitative estimate of drug-likeness (QED) is 0.216. The molecule has 0 aliphatic rings. The van der Waals surface area contributed by atoms with Gasteiger partial charge in [0.1, 0.15) is 18.2 Å². The summed E-state index contributed by atoms with van der Waals surface area (Å²) in [5, 5.41) is 8.91. The van der Waals surface area contributed by atoms with Gasteiger partial charge in [0.25, 0.3) is 0 Å². The van der Waals surface area contributed by atoms with Crippen molar-refractivity contribution in [3.63, 3.8) is 0 Å². The second-order valence-electron chi connectivity index (χ2n) is 7.75. The van der Waals surface area contributed by atoms with E-state index in [-0.39, 0.29) is 0 Å². The van der Waals surface area contributed by atoms with Crippen LogP contribution >= 0.6 is 0 Å². The number of pyridine rings is 1.